The zero-order valence-electron chi connectivity index (χ0n) is 20.2. The van der Waals surface area contributed by atoms with Crippen molar-refractivity contribution in [3.05, 3.63) is 40.3 Å². The first-order valence-electron chi connectivity index (χ1n) is 12.4. The number of carbonyl (C=O) groups excluding carboxylic acids is 1. The molecule has 0 aromatic heterocycles. The largest absolute Gasteiger partial charge is 0.493 e. The van der Waals surface area contributed by atoms with Crippen LogP contribution < -0.4 is 9.47 Å². The minimum atomic E-state index is -0.167. The van der Waals surface area contributed by atoms with E-state index in [0.29, 0.717) is 15.8 Å². The minimum Gasteiger partial charge on any atom is -0.493 e. The Morgan fingerprint density at radius 3 is 2.42 bits per heavy atom. The second kappa shape index (κ2) is 13.2. The fourth-order valence-corrected chi connectivity index (χ4v) is 5.54. The van der Waals surface area contributed by atoms with Crippen LogP contribution in [0.5, 0.6) is 11.5 Å². The maximum absolute atomic E-state index is 13.0. The fraction of sp³-hybridized carbons (Fsp3) is 0.556. The number of hydrogen-bond donors (Lipinski definition) is 0. The van der Waals surface area contributed by atoms with Gasteiger partial charge in [0.05, 0.1) is 12.0 Å². The van der Waals surface area contributed by atoms with Gasteiger partial charge in [0.2, 0.25) is 0 Å². The first-order chi connectivity index (χ1) is 16.0. The molecule has 1 aromatic rings. The van der Waals surface area contributed by atoms with E-state index in [9.17, 15) is 4.79 Å². The molecule has 2 aliphatic heterocycles. The van der Waals surface area contributed by atoms with Crippen LogP contribution >= 0.6 is 24.0 Å². The van der Waals surface area contributed by atoms with Crippen molar-refractivity contribution in [2.75, 3.05) is 13.7 Å². The predicted molar refractivity (Wildman–Crippen MR) is 143 cm³/mol. The SMILES string of the molecule is CCCCCCCCCCCCN1C(=O)C(=CC2=Cc3cccc(OC)c3OC2C)SC1=S. The average Bonchev–Trinajstić information content (AvgIpc) is 3.07. The van der Waals surface area contributed by atoms with Crippen LogP contribution in [0.3, 0.4) is 0 Å². The number of hydrogen-bond acceptors (Lipinski definition) is 5. The lowest BCUT2D eigenvalue weighted by Crippen LogP contribution is -2.29. The van der Waals surface area contributed by atoms with E-state index >= 15 is 0 Å². The van der Waals surface area contributed by atoms with Crippen LogP contribution in [0.2, 0.25) is 0 Å². The highest BCUT2D eigenvalue weighted by atomic mass is 32.2. The summed E-state index contributed by atoms with van der Waals surface area (Å²) in [7, 11) is 1.64. The number of methoxy groups -OCH3 is 1. The lowest BCUT2D eigenvalue weighted by Gasteiger charge is -2.24. The van der Waals surface area contributed by atoms with Gasteiger partial charge in [0.25, 0.3) is 5.91 Å². The van der Waals surface area contributed by atoms with Gasteiger partial charge in [-0.1, -0.05) is 101 Å². The summed E-state index contributed by atoms with van der Waals surface area (Å²) in [5, 5.41) is 0. The molecule has 0 N–H and O–H groups in total. The number of rotatable bonds is 13. The highest BCUT2D eigenvalue weighted by Crippen LogP contribution is 2.39. The average molecular weight is 488 g/mol. The van der Waals surface area contributed by atoms with Gasteiger partial charge < -0.3 is 9.47 Å². The molecule has 6 heteroatoms. The van der Waals surface area contributed by atoms with Crippen LogP contribution in [-0.2, 0) is 4.79 Å². The highest BCUT2D eigenvalue weighted by Gasteiger charge is 2.32. The van der Waals surface area contributed by atoms with Crippen LogP contribution in [0.25, 0.3) is 6.08 Å². The van der Waals surface area contributed by atoms with Crippen molar-refractivity contribution in [2.45, 2.75) is 84.2 Å². The predicted octanol–water partition coefficient (Wildman–Crippen LogP) is 7.52. The van der Waals surface area contributed by atoms with Gasteiger partial charge in [0.15, 0.2) is 11.5 Å². The number of amides is 1. The summed E-state index contributed by atoms with van der Waals surface area (Å²) in [6, 6.07) is 5.83. The Bertz CT molecular complexity index is 893. The number of nitrogens with zero attached hydrogens (tertiary/aromatic N) is 1. The molecule has 0 bridgehead atoms. The molecule has 2 aliphatic rings. The molecule has 1 aromatic carbocycles. The molecule has 4 nitrogen and oxygen atoms in total. The molecule has 33 heavy (non-hydrogen) atoms. The van der Waals surface area contributed by atoms with Crippen molar-refractivity contribution in [3.8, 4) is 11.5 Å². The third kappa shape index (κ3) is 7.10. The van der Waals surface area contributed by atoms with Gasteiger partial charge in [-0.25, -0.2) is 0 Å². The van der Waals surface area contributed by atoms with Crippen LogP contribution in [0.15, 0.2) is 34.8 Å². The van der Waals surface area contributed by atoms with Gasteiger partial charge in [-0.15, -0.1) is 0 Å². The quantitative estimate of drug-likeness (QED) is 0.163. The Labute approximate surface area is 208 Å². The van der Waals surface area contributed by atoms with Gasteiger partial charge in [0.1, 0.15) is 10.4 Å². The van der Waals surface area contributed by atoms with Crippen molar-refractivity contribution in [2.24, 2.45) is 0 Å². The number of ether oxygens (including phenoxy) is 2. The van der Waals surface area contributed by atoms with Crippen LogP contribution in [0.1, 0.15) is 83.6 Å². The fourth-order valence-electron chi connectivity index (χ4n) is 4.24. The van der Waals surface area contributed by atoms with E-state index in [0.717, 1.165) is 35.5 Å². The summed E-state index contributed by atoms with van der Waals surface area (Å²) < 4.78 is 12.2. The first-order valence-corrected chi connectivity index (χ1v) is 13.6. The summed E-state index contributed by atoms with van der Waals surface area (Å²) in [4.78, 5) is 15.4. The van der Waals surface area contributed by atoms with Crippen molar-refractivity contribution in [3.63, 3.8) is 0 Å². The Hall–Kier alpha value is -1.79. The highest BCUT2D eigenvalue weighted by molar-refractivity contribution is 8.26. The number of benzene rings is 1. The lowest BCUT2D eigenvalue weighted by molar-refractivity contribution is -0.122. The van der Waals surface area contributed by atoms with E-state index in [1.54, 1.807) is 12.0 Å². The van der Waals surface area contributed by atoms with Gasteiger partial charge in [-0.2, -0.15) is 0 Å². The number of carbonyl (C=O) groups is 1. The number of unbranched alkanes of at least 4 members (excludes halogenated alkanes) is 9. The topological polar surface area (TPSA) is 38.8 Å². The Balaban J connectivity index is 1.49. The van der Waals surface area contributed by atoms with E-state index in [1.165, 1.54) is 63.1 Å². The molecule has 1 saturated heterocycles. The summed E-state index contributed by atoms with van der Waals surface area (Å²) in [5.74, 6) is 1.49. The Morgan fingerprint density at radius 2 is 1.76 bits per heavy atom. The summed E-state index contributed by atoms with van der Waals surface area (Å²) in [6.07, 6.45) is 16.6. The Kier molecular flexibility index (Phi) is 10.3. The summed E-state index contributed by atoms with van der Waals surface area (Å²) in [5.41, 5.74) is 1.93. The maximum atomic E-state index is 13.0. The first kappa shape index (κ1) is 25.8. The smallest absolute Gasteiger partial charge is 0.266 e. The molecule has 0 saturated carbocycles. The number of para-hydroxylation sites is 1. The normalized spacial score (nSPS) is 19.0. The number of fused-ring (bicyclic) bond motifs is 1. The second-order valence-electron chi connectivity index (χ2n) is 8.80. The van der Waals surface area contributed by atoms with E-state index in [4.69, 9.17) is 21.7 Å². The molecule has 0 spiro atoms. The van der Waals surface area contributed by atoms with E-state index in [2.05, 4.69) is 13.0 Å². The third-order valence-electron chi connectivity index (χ3n) is 6.22. The van der Waals surface area contributed by atoms with Crippen LogP contribution in [0.4, 0.5) is 0 Å². The molecule has 1 unspecified atom stereocenters. The van der Waals surface area contributed by atoms with E-state index in [-0.39, 0.29) is 12.0 Å². The third-order valence-corrected chi connectivity index (χ3v) is 7.60. The van der Waals surface area contributed by atoms with E-state index < -0.39 is 0 Å². The van der Waals surface area contributed by atoms with Crippen molar-refractivity contribution in [1.29, 1.82) is 0 Å². The van der Waals surface area contributed by atoms with E-state index in [1.807, 2.05) is 31.2 Å². The Morgan fingerprint density at radius 1 is 1.09 bits per heavy atom. The van der Waals surface area contributed by atoms with Crippen LogP contribution in [0, 0.1) is 0 Å². The van der Waals surface area contributed by atoms with Gasteiger partial charge in [-0.3, -0.25) is 9.69 Å². The molecule has 180 valence electrons. The van der Waals surface area contributed by atoms with Crippen molar-refractivity contribution < 1.29 is 14.3 Å². The zero-order valence-corrected chi connectivity index (χ0v) is 21.9. The number of thioether (sulfide) groups is 1. The maximum Gasteiger partial charge on any atom is 0.266 e. The van der Waals surface area contributed by atoms with Gasteiger partial charge in [0, 0.05) is 12.1 Å². The van der Waals surface area contributed by atoms with Gasteiger partial charge in [-0.05, 0) is 37.1 Å². The summed E-state index contributed by atoms with van der Waals surface area (Å²) in [6.45, 7) is 4.96. The molecule has 3 rings (SSSR count). The lowest BCUT2D eigenvalue weighted by atomic mass is 10.0. The van der Waals surface area contributed by atoms with Gasteiger partial charge >= 0.3 is 0 Å². The molecule has 2 heterocycles. The number of thiocarbonyl (C=S) groups is 1. The molecular formula is C27H37NO3S2. The monoisotopic (exact) mass is 487 g/mol. The zero-order chi connectivity index (χ0) is 23.6. The molecular weight excluding hydrogens is 450 g/mol. The molecule has 1 fully saturated rings. The van der Waals surface area contributed by atoms with Crippen molar-refractivity contribution in [1.82, 2.24) is 4.90 Å². The molecule has 1 amide bonds. The molecule has 1 atom stereocenters. The molecule has 0 radical (unpaired) electrons. The van der Waals surface area contributed by atoms with Crippen LogP contribution in [-0.4, -0.2) is 34.9 Å². The van der Waals surface area contributed by atoms with Crippen molar-refractivity contribution >= 4 is 40.3 Å². The summed E-state index contributed by atoms with van der Waals surface area (Å²) >= 11 is 6.91. The minimum absolute atomic E-state index is 0.0189. The standard InChI is InChI=1S/C27H37NO3S2/c1-4-5-6-7-8-9-10-11-12-13-17-28-26(29)24(33-27(28)32)19-22-18-21-15-14-16-23(30-3)25(21)31-20(22)2/h14-16,18-20H,4-13,17H2,1-3H3. The second-order valence-corrected chi connectivity index (χ2v) is 10.5. The molecule has 0 aliphatic carbocycles.